The molecule has 1 unspecified atom stereocenters. The maximum Gasteiger partial charge on any atom is 0.245 e. The molecule has 1 atom stereocenters. The minimum Gasteiger partial charge on any atom is -0.492 e. The van der Waals surface area contributed by atoms with Gasteiger partial charge in [0.1, 0.15) is 16.7 Å². The minimum atomic E-state index is -4.13. The summed E-state index contributed by atoms with van der Waals surface area (Å²) in [7, 11) is -4.13. The van der Waals surface area contributed by atoms with Gasteiger partial charge >= 0.3 is 0 Å². The van der Waals surface area contributed by atoms with Crippen molar-refractivity contribution >= 4 is 33.2 Å². The highest BCUT2D eigenvalue weighted by molar-refractivity contribution is 7.89. The van der Waals surface area contributed by atoms with E-state index < -0.39 is 22.0 Å². The molecule has 0 aliphatic heterocycles. The molecule has 3 aromatic rings. The molecule has 0 aliphatic carbocycles. The van der Waals surface area contributed by atoms with Crippen LogP contribution in [0.4, 0.5) is 5.69 Å². The molecule has 0 saturated carbocycles. The van der Waals surface area contributed by atoms with Crippen LogP contribution in [0, 0.1) is 0 Å². The van der Waals surface area contributed by atoms with E-state index in [4.69, 9.17) is 16.3 Å². The van der Waals surface area contributed by atoms with Crippen molar-refractivity contribution in [3.05, 3.63) is 88.9 Å². The molecule has 0 aliphatic rings. The van der Waals surface area contributed by atoms with E-state index in [9.17, 15) is 13.2 Å². The number of sulfonamides is 1. The average molecular weight is 501 g/mol. The molecule has 0 radical (unpaired) electrons. The minimum absolute atomic E-state index is 0.117. The summed E-state index contributed by atoms with van der Waals surface area (Å²) in [6.07, 6.45) is 0.167. The van der Waals surface area contributed by atoms with E-state index in [1.807, 2.05) is 54.6 Å². The second-order valence-corrected chi connectivity index (χ2v) is 10.3. The lowest BCUT2D eigenvalue weighted by molar-refractivity contribution is -0.117. The Hall–Kier alpha value is -2.87. The first-order valence-corrected chi connectivity index (χ1v) is 12.9. The number of halogens is 1. The molecule has 3 rings (SSSR count). The SMILES string of the molecule is CCOc1ccc(Cl)cc1S(=O)(=O)NC(Cc1ccccc1)C(=O)Nc1ccc(C(C)C)cc1. The Morgan fingerprint density at radius 1 is 1.00 bits per heavy atom. The topological polar surface area (TPSA) is 84.5 Å². The fraction of sp³-hybridized carbons (Fsp3) is 0.269. The van der Waals surface area contributed by atoms with Gasteiger partial charge in [0.25, 0.3) is 0 Å². The standard InChI is InChI=1S/C26H29ClN2O4S/c1-4-33-24-15-12-21(27)17-25(24)34(31,32)29-23(16-19-8-6-5-7-9-19)26(30)28-22-13-10-20(11-14-22)18(2)3/h5-15,17-18,23,29H,4,16H2,1-3H3,(H,28,30). The number of rotatable bonds is 10. The van der Waals surface area contributed by atoms with Crippen LogP contribution >= 0.6 is 11.6 Å². The summed E-state index contributed by atoms with van der Waals surface area (Å²) in [5, 5.41) is 3.08. The molecular formula is C26H29ClN2O4S. The highest BCUT2D eigenvalue weighted by Gasteiger charge is 2.28. The van der Waals surface area contributed by atoms with Crippen molar-refractivity contribution in [3.8, 4) is 5.75 Å². The lowest BCUT2D eigenvalue weighted by Crippen LogP contribution is -2.45. The molecule has 0 spiro atoms. The Kier molecular flexibility index (Phi) is 8.72. The zero-order chi connectivity index (χ0) is 24.7. The van der Waals surface area contributed by atoms with Crippen molar-refractivity contribution < 1.29 is 17.9 Å². The molecule has 0 saturated heterocycles. The summed E-state index contributed by atoms with van der Waals surface area (Å²) in [4.78, 5) is 13.1. The van der Waals surface area contributed by atoms with Crippen molar-refractivity contribution in [1.82, 2.24) is 4.72 Å². The molecule has 2 N–H and O–H groups in total. The highest BCUT2D eigenvalue weighted by Crippen LogP contribution is 2.28. The van der Waals surface area contributed by atoms with E-state index in [1.165, 1.54) is 12.1 Å². The van der Waals surface area contributed by atoms with Crippen LogP contribution < -0.4 is 14.8 Å². The van der Waals surface area contributed by atoms with Crippen LogP contribution in [-0.4, -0.2) is 27.0 Å². The smallest absolute Gasteiger partial charge is 0.245 e. The Morgan fingerprint density at radius 2 is 1.68 bits per heavy atom. The highest BCUT2D eigenvalue weighted by atomic mass is 35.5. The van der Waals surface area contributed by atoms with Gasteiger partial charge in [-0.15, -0.1) is 0 Å². The summed E-state index contributed by atoms with van der Waals surface area (Å²) in [6, 6.07) is 20.0. The maximum atomic E-state index is 13.3. The fourth-order valence-electron chi connectivity index (χ4n) is 3.44. The molecule has 0 fully saturated rings. The van der Waals surface area contributed by atoms with Gasteiger partial charge in [-0.1, -0.05) is 67.9 Å². The first kappa shape index (κ1) is 25.7. The van der Waals surface area contributed by atoms with Crippen molar-refractivity contribution in [2.45, 2.75) is 44.0 Å². The Balaban J connectivity index is 1.90. The van der Waals surface area contributed by atoms with Crippen LogP contribution in [0.5, 0.6) is 5.75 Å². The van der Waals surface area contributed by atoms with Crippen LogP contribution in [0.3, 0.4) is 0 Å². The van der Waals surface area contributed by atoms with E-state index >= 15 is 0 Å². The molecule has 1 amide bonds. The second-order valence-electron chi connectivity index (χ2n) is 8.15. The maximum absolute atomic E-state index is 13.3. The predicted molar refractivity (Wildman–Crippen MR) is 136 cm³/mol. The first-order chi connectivity index (χ1) is 16.2. The van der Waals surface area contributed by atoms with Gasteiger partial charge in [-0.2, -0.15) is 4.72 Å². The molecular weight excluding hydrogens is 472 g/mol. The van der Waals surface area contributed by atoms with Crippen molar-refractivity contribution in [1.29, 1.82) is 0 Å². The lowest BCUT2D eigenvalue weighted by atomic mass is 10.0. The average Bonchev–Trinajstić information content (AvgIpc) is 2.81. The van der Waals surface area contributed by atoms with Crippen LogP contribution in [0.25, 0.3) is 0 Å². The number of carbonyl (C=O) groups is 1. The summed E-state index contributed by atoms with van der Waals surface area (Å²) in [5.41, 5.74) is 2.55. The lowest BCUT2D eigenvalue weighted by Gasteiger charge is -2.20. The van der Waals surface area contributed by atoms with Crippen molar-refractivity contribution in [2.24, 2.45) is 0 Å². The number of benzene rings is 3. The Morgan fingerprint density at radius 3 is 2.29 bits per heavy atom. The third-order valence-corrected chi connectivity index (χ3v) is 6.96. The number of hydrogen-bond donors (Lipinski definition) is 2. The van der Waals surface area contributed by atoms with Gasteiger partial charge in [-0.3, -0.25) is 4.79 Å². The van der Waals surface area contributed by atoms with Gasteiger partial charge < -0.3 is 10.1 Å². The molecule has 0 heterocycles. The van der Waals surface area contributed by atoms with E-state index in [0.29, 0.717) is 11.6 Å². The zero-order valence-corrected chi connectivity index (χ0v) is 21.0. The van der Waals surface area contributed by atoms with Gasteiger partial charge in [0.05, 0.1) is 6.61 Å². The first-order valence-electron chi connectivity index (χ1n) is 11.1. The summed E-state index contributed by atoms with van der Waals surface area (Å²) >= 11 is 6.07. The molecule has 0 bridgehead atoms. The van der Waals surface area contributed by atoms with E-state index in [1.54, 1.807) is 13.0 Å². The predicted octanol–water partition coefficient (Wildman–Crippen LogP) is 5.39. The van der Waals surface area contributed by atoms with Gasteiger partial charge in [0.2, 0.25) is 15.9 Å². The van der Waals surface area contributed by atoms with Crippen molar-refractivity contribution in [2.75, 3.05) is 11.9 Å². The molecule has 0 aromatic heterocycles. The Bertz CT molecular complexity index is 1210. The van der Waals surface area contributed by atoms with Gasteiger partial charge in [0, 0.05) is 10.7 Å². The molecule has 180 valence electrons. The van der Waals surface area contributed by atoms with E-state index in [2.05, 4.69) is 23.9 Å². The molecule has 8 heteroatoms. The number of hydrogen-bond acceptors (Lipinski definition) is 4. The van der Waals surface area contributed by atoms with Crippen LogP contribution in [0.1, 0.15) is 37.8 Å². The number of ether oxygens (including phenoxy) is 1. The fourth-order valence-corrected chi connectivity index (χ4v) is 5.04. The largest absolute Gasteiger partial charge is 0.492 e. The van der Waals surface area contributed by atoms with Gasteiger partial charge in [-0.05, 0) is 60.7 Å². The Labute approximate surface area is 206 Å². The summed E-state index contributed by atoms with van der Waals surface area (Å²) in [6.45, 7) is 6.22. The number of carbonyl (C=O) groups excluding carboxylic acids is 1. The van der Waals surface area contributed by atoms with Gasteiger partial charge in [0.15, 0.2) is 0 Å². The summed E-state index contributed by atoms with van der Waals surface area (Å²) < 4.78 is 34.7. The van der Waals surface area contributed by atoms with E-state index in [0.717, 1.165) is 11.1 Å². The monoisotopic (exact) mass is 500 g/mol. The third kappa shape index (κ3) is 6.82. The quantitative estimate of drug-likeness (QED) is 0.391. The van der Waals surface area contributed by atoms with Crippen molar-refractivity contribution in [3.63, 3.8) is 0 Å². The molecule has 6 nitrogen and oxygen atoms in total. The van der Waals surface area contributed by atoms with Crippen LogP contribution in [0.2, 0.25) is 5.02 Å². The van der Waals surface area contributed by atoms with Crippen LogP contribution in [0.15, 0.2) is 77.7 Å². The molecule has 3 aromatic carbocycles. The summed E-state index contributed by atoms with van der Waals surface area (Å²) in [5.74, 6) is 0.0619. The normalized spacial score (nSPS) is 12.4. The second kappa shape index (κ2) is 11.5. The number of nitrogens with one attached hydrogen (secondary N) is 2. The number of anilines is 1. The van der Waals surface area contributed by atoms with Crippen LogP contribution in [-0.2, 0) is 21.2 Å². The zero-order valence-electron chi connectivity index (χ0n) is 19.4. The third-order valence-electron chi connectivity index (χ3n) is 5.24. The molecule has 34 heavy (non-hydrogen) atoms. The van der Waals surface area contributed by atoms with Gasteiger partial charge in [-0.25, -0.2) is 8.42 Å². The van der Waals surface area contributed by atoms with E-state index in [-0.39, 0.29) is 28.7 Å². The number of amides is 1.